The Hall–Kier alpha value is -2.93. The highest BCUT2D eigenvalue weighted by molar-refractivity contribution is 9.10. The Morgan fingerprint density at radius 1 is 0.921 bits per heavy atom. The Balaban J connectivity index is 1.59. The minimum absolute atomic E-state index is 0.0113. The lowest BCUT2D eigenvalue weighted by Gasteiger charge is -2.42. The molecule has 1 heterocycles. The fraction of sp³-hybridized carbons (Fsp3) is 0.419. The number of methoxy groups -OCH3 is 1. The van der Waals surface area contributed by atoms with Crippen LogP contribution in [0.1, 0.15) is 70.4 Å². The topological polar surface area (TPSA) is 61.8 Å². The Morgan fingerprint density at radius 3 is 2.00 bits per heavy atom. The van der Waals surface area contributed by atoms with Gasteiger partial charge in [-0.15, -0.1) is 0 Å². The fourth-order valence-corrected chi connectivity index (χ4v) is 6.36. The number of halogens is 2. The molecule has 0 N–H and O–H groups in total. The van der Waals surface area contributed by atoms with Crippen molar-refractivity contribution in [2.75, 3.05) is 7.11 Å². The molecule has 5 nitrogen and oxygen atoms in total. The van der Waals surface area contributed by atoms with E-state index in [1.54, 1.807) is 19.2 Å². The Bertz CT molecular complexity index is 1330. The summed E-state index contributed by atoms with van der Waals surface area (Å²) in [6, 6.07) is 9.85. The standard InChI is InChI=1S/C31H32BrFO5/c1-30(2)12-21(34)27-24(14-30)38-25-15-31(3,4)13-22(35)28(25)26(27)18-10-20(32)29(23(11-18)36-5)37-16-17-6-8-19(33)9-7-17/h6-11,26H,12-16H2,1-5H3. The molecule has 2 aromatic carbocycles. The van der Waals surface area contributed by atoms with Crippen molar-refractivity contribution in [2.24, 2.45) is 10.8 Å². The van der Waals surface area contributed by atoms with Crippen LogP contribution in [0.2, 0.25) is 0 Å². The quantitative estimate of drug-likeness (QED) is 0.363. The molecule has 0 spiro atoms. The summed E-state index contributed by atoms with van der Waals surface area (Å²) >= 11 is 3.63. The molecular formula is C31H32BrFO5. The Labute approximate surface area is 231 Å². The number of ether oxygens (including phenoxy) is 3. The lowest BCUT2D eigenvalue weighted by Crippen LogP contribution is -2.37. The molecule has 38 heavy (non-hydrogen) atoms. The Morgan fingerprint density at radius 2 is 1.47 bits per heavy atom. The Kier molecular flexibility index (Phi) is 6.79. The summed E-state index contributed by atoms with van der Waals surface area (Å²) in [5.74, 6) is 1.49. The number of ketones is 2. The van der Waals surface area contributed by atoms with E-state index in [2.05, 4.69) is 43.6 Å². The first-order chi connectivity index (χ1) is 17.9. The van der Waals surface area contributed by atoms with Crippen LogP contribution in [0.4, 0.5) is 4.39 Å². The van der Waals surface area contributed by atoms with Gasteiger partial charge in [-0.3, -0.25) is 9.59 Å². The van der Waals surface area contributed by atoms with Gasteiger partial charge in [0.25, 0.3) is 0 Å². The van der Waals surface area contributed by atoms with Crippen LogP contribution in [-0.4, -0.2) is 18.7 Å². The summed E-state index contributed by atoms with van der Waals surface area (Å²) in [7, 11) is 1.55. The smallest absolute Gasteiger partial charge is 0.175 e. The highest BCUT2D eigenvalue weighted by atomic mass is 79.9. The van der Waals surface area contributed by atoms with E-state index in [0.29, 0.717) is 64.3 Å². The molecule has 0 aromatic heterocycles. The summed E-state index contributed by atoms with van der Waals surface area (Å²) in [6.07, 6.45) is 2.05. The second-order valence-electron chi connectivity index (χ2n) is 12.0. The number of benzene rings is 2. The van der Waals surface area contributed by atoms with Crippen molar-refractivity contribution in [2.45, 2.75) is 65.9 Å². The first-order valence-corrected chi connectivity index (χ1v) is 13.6. The zero-order chi connectivity index (χ0) is 27.4. The lowest BCUT2D eigenvalue weighted by atomic mass is 9.65. The molecule has 1 aliphatic heterocycles. The molecule has 200 valence electrons. The second-order valence-corrected chi connectivity index (χ2v) is 12.9. The van der Waals surface area contributed by atoms with E-state index in [4.69, 9.17) is 14.2 Å². The van der Waals surface area contributed by atoms with Gasteiger partial charge in [0.05, 0.1) is 11.6 Å². The van der Waals surface area contributed by atoms with Crippen molar-refractivity contribution in [3.8, 4) is 11.5 Å². The van der Waals surface area contributed by atoms with E-state index < -0.39 is 5.92 Å². The maximum absolute atomic E-state index is 13.6. The monoisotopic (exact) mass is 582 g/mol. The lowest BCUT2D eigenvalue weighted by molar-refractivity contribution is -0.120. The summed E-state index contributed by atoms with van der Waals surface area (Å²) in [5, 5.41) is 0. The van der Waals surface area contributed by atoms with E-state index >= 15 is 0 Å². The van der Waals surface area contributed by atoms with Crippen molar-refractivity contribution in [3.63, 3.8) is 0 Å². The molecule has 5 rings (SSSR count). The van der Waals surface area contributed by atoms with Crippen LogP contribution < -0.4 is 9.47 Å². The third kappa shape index (κ3) is 5.05. The number of allylic oxidation sites excluding steroid dienone is 4. The highest BCUT2D eigenvalue weighted by Crippen LogP contribution is 2.54. The molecule has 3 aliphatic rings. The van der Waals surface area contributed by atoms with E-state index in [0.717, 1.165) is 11.1 Å². The minimum Gasteiger partial charge on any atom is -0.493 e. The van der Waals surface area contributed by atoms with Gasteiger partial charge in [-0.25, -0.2) is 4.39 Å². The molecule has 2 aliphatic carbocycles. The number of carbonyl (C=O) groups excluding carboxylic acids is 2. The predicted octanol–water partition coefficient (Wildman–Crippen LogP) is 7.58. The number of Topliss-reactive ketones (excluding diaryl/α,β-unsaturated/α-hetero) is 2. The number of rotatable bonds is 5. The fourth-order valence-electron chi connectivity index (χ4n) is 5.79. The number of hydrogen-bond acceptors (Lipinski definition) is 5. The first kappa shape index (κ1) is 26.7. The molecule has 0 amide bonds. The number of hydrogen-bond donors (Lipinski definition) is 0. The van der Waals surface area contributed by atoms with Crippen LogP contribution in [0, 0.1) is 16.6 Å². The molecule has 0 atom stereocenters. The molecule has 0 saturated carbocycles. The van der Waals surface area contributed by atoms with E-state index in [1.807, 2.05) is 12.1 Å². The van der Waals surface area contributed by atoms with Crippen LogP contribution in [0.5, 0.6) is 11.5 Å². The average Bonchev–Trinajstić information content (AvgIpc) is 2.81. The average molecular weight is 583 g/mol. The van der Waals surface area contributed by atoms with Crippen LogP contribution in [0.3, 0.4) is 0 Å². The van der Waals surface area contributed by atoms with Crippen molar-refractivity contribution < 1.29 is 28.2 Å². The van der Waals surface area contributed by atoms with Crippen molar-refractivity contribution >= 4 is 27.5 Å². The number of carbonyl (C=O) groups is 2. The molecule has 7 heteroatoms. The zero-order valence-corrected chi connectivity index (χ0v) is 24.0. The minimum atomic E-state index is -0.530. The highest BCUT2D eigenvalue weighted by Gasteiger charge is 2.48. The third-order valence-electron chi connectivity index (χ3n) is 7.46. The van der Waals surface area contributed by atoms with Gasteiger partial charge in [-0.05, 0) is 62.2 Å². The molecule has 0 unspecified atom stereocenters. The van der Waals surface area contributed by atoms with E-state index in [-0.39, 0.29) is 34.8 Å². The largest absolute Gasteiger partial charge is 0.493 e. The van der Waals surface area contributed by atoms with Gasteiger partial charge in [0, 0.05) is 42.7 Å². The first-order valence-electron chi connectivity index (χ1n) is 12.8. The normalized spacial score (nSPS) is 20.6. The third-order valence-corrected chi connectivity index (χ3v) is 8.05. The van der Waals surface area contributed by atoms with Crippen LogP contribution in [-0.2, 0) is 20.9 Å². The maximum atomic E-state index is 13.6. The van der Waals surface area contributed by atoms with E-state index in [1.165, 1.54) is 12.1 Å². The van der Waals surface area contributed by atoms with Gasteiger partial charge in [0.2, 0.25) is 0 Å². The van der Waals surface area contributed by atoms with Gasteiger partial charge in [-0.2, -0.15) is 0 Å². The van der Waals surface area contributed by atoms with E-state index in [9.17, 15) is 14.0 Å². The predicted molar refractivity (Wildman–Crippen MR) is 145 cm³/mol. The van der Waals surface area contributed by atoms with Crippen molar-refractivity contribution in [1.82, 2.24) is 0 Å². The second kappa shape index (κ2) is 9.67. The summed E-state index contributed by atoms with van der Waals surface area (Å²) in [6.45, 7) is 8.50. The summed E-state index contributed by atoms with van der Waals surface area (Å²) in [4.78, 5) is 27.1. The summed E-state index contributed by atoms with van der Waals surface area (Å²) in [5.41, 5.74) is 2.29. The van der Waals surface area contributed by atoms with Gasteiger partial charge in [0.1, 0.15) is 23.9 Å². The molecule has 2 aromatic rings. The van der Waals surface area contributed by atoms with Crippen LogP contribution in [0.15, 0.2) is 63.5 Å². The SMILES string of the molecule is COc1cc(C2C3=C(CC(C)(C)CC3=O)OC3=C2C(=O)CC(C)(C)C3)cc(Br)c1OCc1ccc(F)cc1. The van der Waals surface area contributed by atoms with Gasteiger partial charge < -0.3 is 14.2 Å². The molecule has 0 fully saturated rings. The van der Waals surface area contributed by atoms with Crippen molar-refractivity contribution in [3.05, 3.63) is 80.5 Å². The van der Waals surface area contributed by atoms with Gasteiger partial charge in [0.15, 0.2) is 23.1 Å². The molecule has 0 radical (unpaired) electrons. The molecule has 0 bridgehead atoms. The van der Waals surface area contributed by atoms with Gasteiger partial charge >= 0.3 is 0 Å². The van der Waals surface area contributed by atoms with Crippen LogP contribution >= 0.6 is 15.9 Å². The summed E-state index contributed by atoms with van der Waals surface area (Å²) < 4.78 is 32.1. The van der Waals surface area contributed by atoms with Gasteiger partial charge in [-0.1, -0.05) is 39.8 Å². The maximum Gasteiger partial charge on any atom is 0.175 e. The van der Waals surface area contributed by atoms with Crippen LogP contribution in [0.25, 0.3) is 0 Å². The molecular weight excluding hydrogens is 551 g/mol. The zero-order valence-electron chi connectivity index (χ0n) is 22.4. The molecule has 0 saturated heterocycles. The van der Waals surface area contributed by atoms with Crippen molar-refractivity contribution in [1.29, 1.82) is 0 Å².